The molecule has 1 saturated heterocycles. The topological polar surface area (TPSA) is 120 Å². The number of hydrogen-bond donors (Lipinski definition) is 3. The third-order valence-electron chi connectivity index (χ3n) is 6.95. The highest BCUT2D eigenvalue weighted by atomic mass is 35.5. The van der Waals surface area contributed by atoms with Crippen LogP contribution in [0.3, 0.4) is 0 Å². The second-order valence-electron chi connectivity index (χ2n) is 9.52. The molecule has 5 N–H and O–H groups in total. The fourth-order valence-corrected chi connectivity index (χ4v) is 5.19. The minimum atomic E-state index is -0.512. The second-order valence-corrected chi connectivity index (χ2v) is 9.93. The molecule has 4 aromatic rings. The van der Waals surface area contributed by atoms with Crippen molar-refractivity contribution < 1.29 is 14.3 Å². The van der Waals surface area contributed by atoms with E-state index >= 15 is 0 Å². The average molecular weight is 529 g/mol. The normalized spacial score (nSPS) is 15.3. The Labute approximate surface area is 226 Å². The van der Waals surface area contributed by atoms with Crippen LogP contribution in [0.15, 0.2) is 66.9 Å². The molecule has 1 unspecified atom stereocenters. The molecule has 1 atom stereocenters. The molecule has 0 bridgehead atoms. The van der Waals surface area contributed by atoms with Gasteiger partial charge in [-0.1, -0.05) is 42.3 Å². The fraction of sp³-hybridized carbons (Fsp3) is 0.233. The molecule has 2 amide bonds. The van der Waals surface area contributed by atoms with Crippen molar-refractivity contribution in [3.05, 3.63) is 83.0 Å². The average Bonchev–Trinajstić information content (AvgIpc) is 2.93. The largest absolute Gasteiger partial charge is 0.492 e. The van der Waals surface area contributed by atoms with Gasteiger partial charge in [-0.05, 0) is 73.3 Å². The molecule has 3 aromatic carbocycles. The first-order valence-electron chi connectivity index (χ1n) is 12.7. The van der Waals surface area contributed by atoms with Crippen molar-refractivity contribution in [2.75, 3.05) is 13.2 Å². The Morgan fingerprint density at radius 2 is 1.63 bits per heavy atom. The number of piperidine rings is 1. The summed E-state index contributed by atoms with van der Waals surface area (Å²) in [6.07, 6.45) is 6.15. The number of amides is 2. The summed E-state index contributed by atoms with van der Waals surface area (Å²) < 4.78 is 6.49. The van der Waals surface area contributed by atoms with E-state index in [1.807, 2.05) is 18.2 Å². The van der Waals surface area contributed by atoms with Gasteiger partial charge in [-0.2, -0.15) is 0 Å². The molecule has 0 spiro atoms. The zero-order valence-corrected chi connectivity index (χ0v) is 21.6. The van der Waals surface area contributed by atoms with E-state index in [1.165, 1.54) is 12.8 Å². The van der Waals surface area contributed by atoms with E-state index in [0.29, 0.717) is 40.1 Å². The molecule has 1 aromatic heterocycles. The highest BCUT2D eigenvalue weighted by molar-refractivity contribution is 6.34. The number of nitrogens with one attached hydrogen (secondary N) is 1. The summed E-state index contributed by atoms with van der Waals surface area (Å²) in [4.78, 5) is 28.3. The van der Waals surface area contributed by atoms with Gasteiger partial charge in [-0.3, -0.25) is 14.6 Å². The minimum Gasteiger partial charge on any atom is -0.492 e. The van der Waals surface area contributed by atoms with Crippen LogP contribution in [0.4, 0.5) is 0 Å². The van der Waals surface area contributed by atoms with Crippen molar-refractivity contribution in [1.82, 2.24) is 10.3 Å². The maximum atomic E-state index is 11.9. The van der Waals surface area contributed by atoms with Crippen molar-refractivity contribution in [3.63, 3.8) is 0 Å². The van der Waals surface area contributed by atoms with Gasteiger partial charge >= 0.3 is 0 Å². The summed E-state index contributed by atoms with van der Waals surface area (Å²) in [7, 11) is 0. The van der Waals surface area contributed by atoms with Crippen LogP contribution in [0.2, 0.25) is 5.02 Å². The number of fused-ring (bicyclic) bond motifs is 1. The Morgan fingerprint density at radius 1 is 0.947 bits per heavy atom. The van der Waals surface area contributed by atoms with Crippen molar-refractivity contribution >= 4 is 34.3 Å². The number of rotatable bonds is 8. The lowest BCUT2D eigenvalue weighted by molar-refractivity contribution is 0.0992. The number of hydrogen-bond acceptors (Lipinski definition) is 5. The van der Waals surface area contributed by atoms with Crippen LogP contribution < -0.4 is 21.5 Å². The summed E-state index contributed by atoms with van der Waals surface area (Å²) in [6.45, 7) is 1.54. The van der Waals surface area contributed by atoms with Crippen molar-refractivity contribution in [1.29, 1.82) is 0 Å². The number of ether oxygens (including phenoxy) is 1. The van der Waals surface area contributed by atoms with Crippen LogP contribution in [0.25, 0.3) is 33.2 Å². The third-order valence-corrected chi connectivity index (χ3v) is 7.26. The summed E-state index contributed by atoms with van der Waals surface area (Å²) in [6, 6.07) is 18.3. The maximum Gasteiger partial charge on any atom is 0.248 e. The molecular formula is C30H29ClN4O3. The number of carbonyl (C=O) groups is 2. The van der Waals surface area contributed by atoms with E-state index in [-0.39, 0.29) is 0 Å². The first-order chi connectivity index (χ1) is 18.4. The van der Waals surface area contributed by atoms with E-state index < -0.39 is 11.8 Å². The Bertz CT molecular complexity index is 1520. The maximum absolute atomic E-state index is 11.9. The van der Waals surface area contributed by atoms with E-state index in [1.54, 1.807) is 48.7 Å². The molecule has 2 heterocycles. The Balaban J connectivity index is 1.62. The van der Waals surface area contributed by atoms with Crippen LogP contribution in [-0.2, 0) is 0 Å². The molecule has 0 aliphatic carbocycles. The summed E-state index contributed by atoms with van der Waals surface area (Å²) >= 11 is 6.68. The molecule has 7 nitrogen and oxygen atoms in total. The number of primary amides is 2. The molecule has 8 heteroatoms. The Hall–Kier alpha value is -3.94. The van der Waals surface area contributed by atoms with Gasteiger partial charge in [0.1, 0.15) is 5.75 Å². The second kappa shape index (κ2) is 11.2. The fourth-order valence-electron chi connectivity index (χ4n) is 4.93. The molecular weight excluding hydrogens is 500 g/mol. The zero-order chi connectivity index (χ0) is 26.6. The standard InChI is InChI=1S/C30H29ClN4O3/c31-26-16-27-24(15-23(26)18-5-3-7-20(13-18)29(32)36)28(38-12-10-22-9-1-2-11-34-22)25(17-35-27)19-6-4-8-21(14-19)30(33)37/h3-8,13-17,22,34H,1-2,9-12H2,(H2,32,36)(H2,33,37). The lowest BCUT2D eigenvalue weighted by Crippen LogP contribution is -2.35. The van der Waals surface area contributed by atoms with Crippen molar-refractivity contribution in [2.24, 2.45) is 11.5 Å². The van der Waals surface area contributed by atoms with Crippen molar-refractivity contribution in [3.8, 4) is 28.0 Å². The first kappa shape index (κ1) is 25.7. The number of pyridine rings is 1. The molecule has 1 fully saturated rings. The number of nitrogens with zero attached hydrogens (tertiary/aromatic N) is 1. The molecule has 1 aliphatic heterocycles. The van der Waals surface area contributed by atoms with E-state index in [9.17, 15) is 9.59 Å². The summed E-state index contributed by atoms with van der Waals surface area (Å²) in [5.41, 5.74) is 15.5. The Morgan fingerprint density at radius 3 is 2.26 bits per heavy atom. The lowest BCUT2D eigenvalue weighted by atomic mass is 9.97. The van der Waals surface area contributed by atoms with Gasteiger partial charge in [-0.25, -0.2) is 0 Å². The monoisotopic (exact) mass is 528 g/mol. The molecule has 0 radical (unpaired) electrons. The van der Waals surface area contributed by atoms with Crippen molar-refractivity contribution in [2.45, 2.75) is 31.7 Å². The predicted molar refractivity (Wildman–Crippen MR) is 150 cm³/mol. The molecule has 5 rings (SSSR count). The highest BCUT2D eigenvalue weighted by Crippen LogP contribution is 2.40. The summed E-state index contributed by atoms with van der Waals surface area (Å²) in [5.74, 6) is -0.367. The molecule has 0 saturated carbocycles. The number of carbonyl (C=O) groups excluding carboxylic acids is 2. The highest BCUT2D eigenvalue weighted by Gasteiger charge is 2.18. The van der Waals surface area contributed by atoms with Crippen LogP contribution in [-0.4, -0.2) is 36.0 Å². The number of nitrogens with two attached hydrogens (primary N) is 2. The van der Waals surface area contributed by atoms with Crippen LogP contribution in [0, 0.1) is 0 Å². The Kier molecular flexibility index (Phi) is 7.58. The van der Waals surface area contributed by atoms with Gasteiger partial charge in [0.05, 0.1) is 17.1 Å². The molecule has 194 valence electrons. The SMILES string of the molecule is NC(=O)c1cccc(-c2cc3c(OCCC4CCCCN4)c(-c4cccc(C(N)=O)c4)cnc3cc2Cl)c1. The van der Waals surface area contributed by atoms with E-state index in [2.05, 4.69) is 10.3 Å². The zero-order valence-electron chi connectivity index (χ0n) is 20.9. The van der Waals surface area contributed by atoms with Gasteiger partial charge in [-0.15, -0.1) is 0 Å². The predicted octanol–water partition coefficient (Wildman–Crippen LogP) is 5.33. The number of aromatic nitrogens is 1. The first-order valence-corrected chi connectivity index (χ1v) is 13.1. The quantitative estimate of drug-likeness (QED) is 0.285. The van der Waals surface area contributed by atoms with Gasteiger partial charge in [0.15, 0.2) is 0 Å². The summed E-state index contributed by atoms with van der Waals surface area (Å²) in [5, 5.41) is 4.83. The number of benzene rings is 3. The number of halogens is 1. The van der Waals surface area contributed by atoms with Gasteiger partial charge < -0.3 is 21.5 Å². The van der Waals surface area contributed by atoms with Gasteiger partial charge in [0, 0.05) is 39.9 Å². The smallest absolute Gasteiger partial charge is 0.248 e. The lowest BCUT2D eigenvalue weighted by Gasteiger charge is -2.24. The van der Waals surface area contributed by atoms with Crippen LogP contribution in [0.1, 0.15) is 46.4 Å². The van der Waals surface area contributed by atoms with E-state index in [0.717, 1.165) is 47.0 Å². The van der Waals surface area contributed by atoms with Gasteiger partial charge in [0.2, 0.25) is 11.8 Å². The molecule has 38 heavy (non-hydrogen) atoms. The van der Waals surface area contributed by atoms with Crippen LogP contribution >= 0.6 is 11.6 Å². The van der Waals surface area contributed by atoms with E-state index in [4.69, 9.17) is 27.8 Å². The van der Waals surface area contributed by atoms with Crippen LogP contribution in [0.5, 0.6) is 5.75 Å². The minimum absolute atomic E-state index is 0.394. The molecule has 1 aliphatic rings. The van der Waals surface area contributed by atoms with Gasteiger partial charge in [0.25, 0.3) is 0 Å². The third kappa shape index (κ3) is 5.49.